The Bertz CT molecular complexity index is 217. The van der Waals surface area contributed by atoms with Gasteiger partial charge in [0.15, 0.2) is 0 Å². The van der Waals surface area contributed by atoms with E-state index in [4.69, 9.17) is 23.2 Å². The third-order valence-corrected chi connectivity index (χ3v) is 4.89. The number of hydrogen-bond donors (Lipinski definition) is 1. The highest BCUT2D eigenvalue weighted by Gasteiger charge is 2.55. The molecule has 0 amide bonds. The first-order valence-electron chi connectivity index (χ1n) is 4.70. The summed E-state index contributed by atoms with van der Waals surface area (Å²) in [6.07, 6.45) is 0.783. The van der Waals surface area contributed by atoms with Gasteiger partial charge in [-0.05, 0) is 34.1 Å². The zero-order valence-electron chi connectivity index (χ0n) is 8.93. The summed E-state index contributed by atoms with van der Waals surface area (Å²) in [6, 6.07) is 0.102. The van der Waals surface area contributed by atoms with E-state index in [0.717, 1.165) is 6.42 Å². The van der Waals surface area contributed by atoms with Crippen LogP contribution in [0.25, 0.3) is 0 Å². The van der Waals surface area contributed by atoms with Crippen LogP contribution in [0.5, 0.6) is 0 Å². The van der Waals surface area contributed by atoms with Crippen molar-refractivity contribution < 1.29 is 4.55 Å². The van der Waals surface area contributed by atoms with Crippen molar-refractivity contribution in [2.45, 2.75) is 49.2 Å². The summed E-state index contributed by atoms with van der Waals surface area (Å²) in [7, 11) is 0. The highest BCUT2D eigenvalue weighted by Crippen LogP contribution is 2.54. The molecule has 1 aliphatic carbocycles. The average Bonchev–Trinajstić information content (AvgIpc) is 2.57. The van der Waals surface area contributed by atoms with E-state index in [1.165, 1.54) is 0 Å². The van der Waals surface area contributed by atoms with E-state index in [1.54, 1.807) is 0 Å². The van der Waals surface area contributed by atoms with Crippen LogP contribution in [0.4, 0.5) is 0 Å². The summed E-state index contributed by atoms with van der Waals surface area (Å²) < 4.78 is 13.9. The predicted molar refractivity (Wildman–Crippen MR) is 63.0 cm³/mol. The lowest BCUT2D eigenvalue weighted by Crippen LogP contribution is -2.44. The first kappa shape index (κ1) is 12.9. The molecule has 1 rings (SSSR count). The molecule has 0 aliphatic heterocycles. The lowest BCUT2D eigenvalue weighted by Gasteiger charge is -2.26. The molecule has 14 heavy (non-hydrogen) atoms. The first-order chi connectivity index (χ1) is 6.14. The number of halogens is 2. The van der Waals surface area contributed by atoms with Gasteiger partial charge in [0.2, 0.25) is 0 Å². The van der Waals surface area contributed by atoms with Gasteiger partial charge in [0.1, 0.15) is 9.08 Å². The Hall–Kier alpha value is 0.850. The summed E-state index contributed by atoms with van der Waals surface area (Å²) in [4.78, 5) is 0. The van der Waals surface area contributed by atoms with E-state index in [2.05, 4.69) is 4.72 Å². The predicted octanol–water partition coefficient (Wildman–Crippen LogP) is 2.62. The van der Waals surface area contributed by atoms with E-state index < -0.39 is 15.7 Å². The number of rotatable bonds is 3. The molecule has 3 atom stereocenters. The normalized spacial score (nSPS) is 29.8. The lowest BCUT2D eigenvalue weighted by atomic mass is 10.2. The van der Waals surface area contributed by atoms with Crippen LogP contribution in [0, 0.1) is 5.92 Å². The third kappa shape index (κ3) is 3.17. The van der Waals surface area contributed by atoms with Gasteiger partial charge in [-0.1, -0.05) is 0 Å². The second kappa shape index (κ2) is 4.02. The van der Waals surface area contributed by atoms with Gasteiger partial charge in [0, 0.05) is 17.3 Å². The van der Waals surface area contributed by atoms with Crippen LogP contribution in [-0.2, 0) is 11.4 Å². The van der Waals surface area contributed by atoms with Crippen LogP contribution in [0.3, 0.4) is 0 Å². The van der Waals surface area contributed by atoms with Crippen LogP contribution < -0.4 is 4.72 Å². The van der Waals surface area contributed by atoms with Gasteiger partial charge in [-0.2, -0.15) is 0 Å². The van der Waals surface area contributed by atoms with E-state index in [-0.39, 0.29) is 16.7 Å². The van der Waals surface area contributed by atoms with Gasteiger partial charge in [-0.15, -0.1) is 27.9 Å². The second-order valence-corrected chi connectivity index (χ2v) is 8.40. The minimum absolute atomic E-state index is 0.102. The SMILES string of the molecule is C[C@H](N[S@+]([O-])C(C)(C)C)[C@H]1CC1(Cl)Cl. The van der Waals surface area contributed by atoms with Gasteiger partial charge in [-0.25, -0.2) is 0 Å². The molecule has 1 saturated carbocycles. The standard InChI is InChI=1S/C9H17Cl2NOS/c1-6(7-5-9(7,10)11)12-14(13)8(2,3)4/h6-7,12H,5H2,1-4H3/t6-,7+,14+/m0/s1. The Labute approximate surface area is 99.0 Å². The molecule has 1 fully saturated rings. The highest BCUT2D eigenvalue weighted by atomic mass is 35.5. The molecule has 0 unspecified atom stereocenters. The van der Waals surface area contributed by atoms with Gasteiger partial charge < -0.3 is 4.55 Å². The van der Waals surface area contributed by atoms with Crippen LogP contribution >= 0.6 is 23.2 Å². The summed E-state index contributed by atoms with van der Waals surface area (Å²) >= 11 is 10.8. The maximum atomic E-state index is 11.7. The molecule has 0 bridgehead atoms. The van der Waals surface area contributed by atoms with E-state index in [1.807, 2.05) is 27.7 Å². The fourth-order valence-electron chi connectivity index (χ4n) is 1.20. The fraction of sp³-hybridized carbons (Fsp3) is 1.00. The molecule has 1 N–H and O–H groups in total. The van der Waals surface area contributed by atoms with Crippen molar-refractivity contribution in [3.63, 3.8) is 0 Å². The maximum absolute atomic E-state index is 11.7. The number of nitrogens with one attached hydrogen (secondary N) is 1. The van der Waals surface area contributed by atoms with Crippen LogP contribution in [0.1, 0.15) is 34.1 Å². The van der Waals surface area contributed by atoms with Crippen molar-refractivity contribution in [2.75, 3.05) is 0 Å². The highest BCUT2D eigenvalue weighted by molar-refractivity contribution is 7.90. The lowest BCUT2D eigenvalue weighted by molar-refractivity contribution is 0.509. The molecule has 0 radical (unpaired) electrons. The maximum Gasteiger partial charge on any atom is 0.136 e. The summed E-state index contributed by atoms with van der Waals surface area (Å²) in [5.74, 6) is 0.220. The van der Waals surface area contributed by atoms with Crippen LogP contribution in [0.2, 0.25) is 0 Å². The van der Waals surface area contributed by atoms with E-state index in [0.29, 0.717) is 0 Å². The minimum Gasteiger partial charge on any atom is -0.598 e. The van der Waals surface area contributed by atoms with E-state index in [9.17, 15) is 4.55 Å². The smallest absolute Gasteiger partial charge is 0.136 e. The van der Waals surface area contributed by atoms with Crippen molar-refractivity contribution in [3.05, 3.63) is 0 Å². The number of alkyl halides is 2. The van der Waals surface area contributed by atoms with Crippen molar-refractivity contribution in [3.8, 4) is 0 Å². The Kier molecular flexibility index (Phi) is 3.71. The third-order valence-electron chi connectivity index (χ3n) is 2.33. The van der Waals surface area contributed by atoms with Gasteiger partial charge in [0.05, 0.1) is 6.04 Å². The Balaban J connectivity index is 2.39. The molecule has 5 heteroatoms. The molecule has 0 aromatic carbocycles. The molecule has 0 saturated heterocycles. The topological polar surface area (TPSA) is 35.1 Å². The molecule has 84 valence electrons. The Morgan fingerprint density at radius 1 is 1.50 bits per heavy atom. The van der Waals surface area contributed by atoms with E-state index >= 15 is 0 Å². The quantitative estimate of drug-likeness (QED) is 0.624. The molecule has 0 aromatic rings. The molecular weight excluding hydrogens is 241 g/mol. The number of hydrogen-bond acceptors (Lipinski definition) is 2. The minimum atomic E-state index is -1.05. The van der Waals surface area contributed by atoms with Crippen molar-refractivity contribution >= 4 is 34.6 Å². The molecule has 0 heterocycles. The molecule has 1 aliphatic rings. The Morgan fingerprint density at radius 3 is 2.21 bits per heavy atom. The largest absolute Gasteiger partial charge is 0.598 e. The first-order valence-corrected chi connectivity index (χ1v) is 6.61. The van der Waals surface area contributed by atoms with Gasteiger partial charge in [0.25, 0.3) is 0 Å². The average molecular weight is 258 g/mol. The molecule has 0 spiro atoms. The van der Waals surface area contributed by atoms with Crippen LogP contribution in [0.15, 0.2) is 0 Å². The zero-order valence-corrected chi connectivity index (χ0v) is 11.3. The molecule has 0 aromatic heterocycles. The summed E-state index contributed by atoms with van der Waals surface area (Å²) in [5.41, 5.74) is 0. The zero-order chi connectivity index (χ0) is 11.1. The van der Waals surface area contributed by atoms with Crippen molar-refractivity contribution in [1.82, 2.24) is 4.72 Å². The summed E-state index contributed by atoms with van der Waals surface area (Å²) in [5, 5.41) is 0. The fourth-order valence-corrected chi connectivity index (χ4v) is 2.77. The monoisotopic (exact) mass is 257 g/mol. The second-order valence-electron chi connectivity index (χ2n) is 4.86. The van der Waals surface area contributed by atoms with Gasteiger partial charge in [-0.3, -0.25) is 0 Å². The van der Waals surface area contributed by atoms with Crippen LogP contribution in [-0.4, -0.2) is 19.7 Å². The molecule has 2 nitrogen and oxygen atoms in total. The van der Waals surface area contributed by atoms with Gasteiger partial charge >= 0.3 is 0 Å². The van der Waals surface area contributed by atoms with Crippen molar-refractivity contribution in [2.24, 2.45) is 5.92 Å². The Morgan fingerprint density at radius 2 is 1.93 bits per heavy atom. The molecular formula is C9H17Cl2NOS. The van der Waals surface area contributed by atoms with Crippen molar-refractivity contribution in [1.29, 1.82) is 0 Å². The summed E-state index contributed by atoms with van der Waals surface area (Å²) in [6.45, 7) is 7.78.